The van der Waals surface area contributed by atoms with Crippen LogP contribution < -0.4 is 5.62 Å². The van der Waals surface area contributed by atoms with Gasteiger partial charge in [0.25, 0.3) is 0 Å². The van der Waals surface area contributed by atoms with Crippen molar-refractivity contribution in [1.82, 2.24) is 14.8 Å². The lowest BCUT2D eigenvalue weighted by molar-refractivity contribution is 0.00717. The zero-order valence-electron chi connectivity index (χ0n) is 11.7. The summed E-state index contributed by atoms with van der Waals surface area (Å²) in [5.74, 6) is 0. The van der Waals surface area contributed by atoms with Gasteiger partial charge in [0.05, 0.1) is 11.4 Å². The summed E-state index contributed by atoms with van der Waals surface area (Å²) in [6.45, 7) is 0.177. The number of nitrogens with one attached hydrogen (secondary N) is 3. The number of rotatable bonds is 5. The summed E-state index contributed by atoms with van der Waals surface area (Å²) in [5.41, 5.74) is -0.278. The molecule has 3 rings (SSSR count). The molecular weight excluding hydrogens is 343 g/mol. The molecule has 1 aromatic carbocycles. The van der Waals surface area contributed by atoms with Crippen LogP contribution in [-0.4, -0.2) is 30.3 Å². The minimum absolute atomic E-state index is 0.0875. The topological polar surface area (TPSA) is 80.6 Å². The number of alkyl halides is 1. The quantitative estimate of drug-likeness (QED) is 0.489. The van der Waals surface area contributed by atoms with Crippen molar-refractivity contribution in [2.45, 2.75) is 36.3 Å². The molecule has 5 nitrogen and oxygen atoms in total. The molecule has 4 N–H and O–H groups in total. The first-order chi connectivity index (χ1) is 10.3. The molecule has 2 aromatic rings. The van der Waals surface area contributed by atoms with Crippen LogP contribution in [0.1, 0.15) is 18.4 Å². The predicted molar refractivity (Wildman–Crippen MR) is 87.7 cm³/mol. The number of aromatic nitrogens is 3. The number of nitrogens with zero attached hydrogens (tertiary/aromatic N) is 1. The molecule has 0 saturated heterocycles. The van der Waals surface area contributed by atoms with E-state index in [1.54, 1.807) is 6.07 Å². The third-order valence-electron chi connectivity index (χ3n) is 4.11. The predicted octanol–water partition coefficient (Wildman–Crippen LogP) is 2.75. The first-order valence-electron chi connectivity index (χ1n) is 6.91. The van der Waals surface area contributed by atoms with E-state index in [0.717, 1.165) is 18.4 Å². The van der Waals surface area contributed by atoms with Crippen LogP contribution in [0, 0.1) is 10.2 Å². The lowest BCUT2D eigenvalue weighted by atomic mass is 9.89. The fourth-order valence-corrected chi connectivity index (χ4v) is 3.28. The molecule has 1 heterocycles. The summed E-state index contributed by atoms with van der Waals surface area (Å²) in [5, 5.41) is 22.2. The molecule has 1 unspecified atom stereocenters. The average molecular weight is 359 g/mol. The molecule has 8 heteroatoms. The Labute approximate surface area is 142 Å². The third-order valence-corrected chi connectivity index (χ3v) is 5.53. The highest BCUT2D eigenvalue weighted by Gasteiger charge is 2.58. The smallest absolute Gasteiger partial charge is 0.214 e. The van der Waals surface area contributed by atoms with Gasteiger partial charge in [-0.25, -0.2) is 0 Å². The number of aromatic amines is 2. The van der Waals surface area contributed by atoms with Crippen molar-refractivity contribution >= 4 is 35.4 Å². The van der Waals surface area contributed by atoms with E-state index in [1.807, 2.05) is 18.2 Å². The Hall–Kier alpha value is -1.08. The van der Waals surface area contributed by atoms with Crippen molar-refractivity contribution < 1.29 is 5.11 Å². The Bertz CT molecular complexity index is 807. The Morgan fingerprint density at radius 1 is 1.41 bits per heavy atom. The molecule has 0 aliphatic heterocycles. The van der Waals surface area contributed by atoms with E-state index in [9.17, 15) is 5.11 Å². The molecular formula is C14H16Cl2N4OS. The van der Waals surface area contributed by atoms with E-state index in [1.165, 1.54) is 4.68 Å². The molecule has 0 amide bonds. The lowest BCUT2D eigenvalue weighted by Crippen LogP contribution is -2.47. The van der Waals surface area contributed by atoms with Crippen molar-refractivity contribution in [3.8, 4) is 0 Å². The van der Waals surface area contributed by atoms with Gasteiger partial charge in [0.1, 0.15) is 5.60 Å². The minimum atomic E-state index is -1.21. The Kier molecular flexibility index (Phi) is 3.97. The van der Waals surface area contributed by atoms with Crippen LogP contribution in [-0.2, 0) is 13.0 Å². The molecule has 0 radical (unpaired) electrons. The van der Waals surface area contributed by atoms with Crippen molar-refractivity contribution in [1.29, 1.82) is 5.41 Å². The van der Waals surface area contributed by atoms with Crippen LogP contribution in [0.2, 0.25) is 5.02 Å². The van der Waals surface area contributed by atoms with Crippen molar-refractivity contribution in [2.75, 3.05) is 0 Å². The van der Waals surface area contributed by atoms with Gasteiger partial charge < -0.3 is 10.1 Å². The Morgan fingerprint density at radius 3 is 2.64 bits per heavy atom. The number of hydrogen-bond acceptors (Lipinski definition) is 3. The van der Waals surface area contributed by atoms with Crippen LogP contribution in [0.25, 0.3) is 0 Å². The standard InChI is InChI=1S/C14H16Cl2N4OS/c15-10-4-2-1-3-9(10)7-14(21,13(16)5-6-13)8-20-12(22)18-11(17)19-20/h1-4,21H,5-8H2,(H3,17,18,19,22). The molecule has 1 fully saturated rings. The molecule has 22 heavy (non-hydrogen) atoms. The zero-order valence-corrected chi connectivity index (χ0v) is 14.0. The maximum atomic E-state index is 11.2. The number of halogens is 2. The monoisotopic (exact) mass is 358 g/mol. The normalized spacial score (nSPS) is 18.9. The summed E-state index contributed by atoms with van der Waals surface area (Å²) in [6.07, 6.45) is 1.80. The SMILES string of the molecule is N=c1[nH]c(=S)n(CC(O)(Cc2ccccc2Cl)C2(Cl)CC2)[nH]1. The van der Waals surface area contributed by atoms with Crippen LogP contribution in [0.15, 0.2) is 24.3 Å². The zero-order chi connectivity index (χ0) is 16.0. The number of H-pyrrole nitrogens is 2. The van der Waals surface area contributed by atoms with Gasteiger partial charge in [-0.2, -0.15) is 0 Å². The molecule has 1 aliphatic rings. The van der Waals surface area contributed by atoms with Gasteiger partial charge in [-0.15, -0.1) is 11.6 Å². The summed E-state index contributed by atoms with van der Waals surface area (Å²) >= 11 is 17.9. The van der Waals surface area contributed by atoms with Gasteiger partial charge in [0, 0.05) is 11.4 Å². The molecule has 0 bridgehead atoms. The second-order valence-electron chi connectivity index (χ2n) is 5.77. The number of aliphatic hydroxyl groups is 1. The number of hydrogen-bond donors (Lipinski definition) is 4. The fraction of sp³-hybridized carbons (Fsp3) is 0.429. The molecule has 1 aliphatic carbocycles. The summed E-state index contributed by atoms with van der Waals surface area (Å²) < 4.78 is 1.89. The van der Waals surface area contributed by atoms with Gasteiger partial charge in [0.15, 0.2) is 4.77 Å². The molecule has 1 atom stereocenters. The summed E-state index contributed by atoms with van der Waals surface area (Å²) in [4.78, 5) is 2.00. The summed E-state index contributed by atoms with van der Waals surface area (Å²) in [7, 11) is 0. The Morgan fingerprint density at radius 2 is 2.09 bits per heavy atom. The van der Waals surface area contributed by atoms with Gasteiger partial charge in [-0.05, 0) is 36.7 Å². The highest BCUT2D eigenvalue weighted by molar-refractivity contribution is 7.71. The lowest BCUT2D eigenvalue weighted by Gasteiger charge is -2.33. The van der Waals surface area contributed by atoms with E-state index in [-0.39, 0.29) is 12.2 Å². The van der Waals surface area contributed by atoms with Crippen LogP contribution in [0.4, 0.5) is 0 Å². The van der Waals surface area contributed by atoms with E-state index < -0.39 is 10.5 Å². The molecule has 118 valence electrons. The van der Waals surface area contributed by atoms with E-state index in [0.29, 0.717) is 16.2 Å². The van der Waals surface area contributed by atoms with Crippen LogP contribution in [0.5, 0.6) is 0 Å². The van der Waals surface area contributed by atoms with Crippen molar-refractivity contribution in [3.05, 3.63) is 45.2 Å². The first kappa shape index (κ1) is 15.8. The fourth-order valence-electron chi connectivity index (χ4n) is 2.65. The van der Waals surface area contributed by atoms with Gasteiger partial charge in [-0.3, -0.25) is 15.2 Å². The summed E-state index contributed by atoms with van der Waals surface area (Å²) in [6, 6.07) is 7.40. The third kappa shape index (κ3) is 2.88. The molecule has 0 spiro atoms. The van der Waals surface area contributed by atoms with Gasteiger partial charge >= 0.3 is 0 Å². The van der Waals surface area contributed by atoms with Gasteiger partial charge in [0.2, 0.25) is 5.62 Å². The first-order valence-corrected chi connectivity index (χ1v) is 8.08. The minimum Gasteiger partial charge on any atom is -0.386 e. The number of benzene rings is 1. The van der Waals surface area contributed by atoms with Crippen LogP contribution in [0.3, 0.4) is 0 Å². The largest absolute Gasteiger partial charge is 0.386 e. The van der Waals surface area contributed by atoms with E-state index >= 15 is 0 Å². The average Bonchev–Trinajstić information content (AvgIpc) is 3.13. The van der Waals surface area contributed by atoms with Crippen molar-refractivity contribution in [2.24, 2.45) is 0 Å². The molecule has 1 aromatic heterocycles. The molecule has 1 saturated carbocycles. The maximum Gasteiger partial charge on any atom is 0.214 e. The van der Waals surface area contributed by atoms with E-state index in [2.05, 4.69) is 10.1 Å². The van der Waals surface area contributed by atoms with Crippen molar-refractivity contribution in [3.63, 3.8) is 0 Å². The maximum absolute atomic E-state index is 11.2. The van der Waals surface area contributed by atoms with E-state index in [4.69, 9.17) is 40.8 Å². The van der Waals surface area contributed by atoms with Gasteiger partial charge in [-0.1, -0.05) is 29.8 Å². The highest BCUT2D eigenvalue weighted by atomic mass is 35.5. The Balaban J connectivity index is 1.96. The second-order valence-corrected chi connectivity index (χ2v) is 7.29. The van der Waals surface area contributed by atoms with Crippen LogP contribution >= 0.6 is 35.4 Å². The second kappa shape index (κ2) is 5.53. The highest BCUT2D eigenvalue weighted by Crippen LogP contribution is 2.53.